The maximum atomic E-state index is 9.37. The second-order valence-corrected chi connectivity index (χ2v) is 6.02. The van der Waals surface area contributed by atoms with Gasteiger partial charge in [-0.05, 0) is 24.1 Å². The van der Waals surface area contributed by atoms with Crippen molar-refractivity contribution in [3.63, 3.8) is 0 Å². The van der Waals surface area contributed by atoms with E-state index in [9.17, 15) is 5.11 Å². The number of hydrogen-bond donors (Lipinski definition) is 1. The zero-order valence-corrected chi connectivity index (χ0v) is 14.1. The molecule has 124 valence electrons. The number of aryl methyl sites for hydroxylation is 1. The molecule has 2 aromatic carbocycles. The van der Waals surface area contributed by atoms with Crippen molar-refractivity contribution in [2.75, 3.05) is 6.61 Å². The van der Waals surface area contributed by atoms with Gasteiger partial charge in [-0.3, -0.25) is 0 Å². The SMILES string of the molecule is Cc1nn(CCO)c2nc(-c3ccccc3)cc(-c3ccccc3)c12. The van der Waals surface area contributed by atoms with Gasteiger partial charge >= 0.3 is 0 Å². The second kappa shape index (κ2) is 6.49. The van der Waals surface area contributed by atoms with Crippen LogP contribution in [-0.4, -0.2) is 26.5 Å². The highest BCUT2D eigenvalue weighted by Crippen LogP contribution is 2.33. The summed E-state index contributed by atoms with van der Waals surface area (Å²) in [5.74, 6) is 0. The Morgan fingerprint density at radius 2 is 1.56 bits per heavy atom. The Bertz CT molecular complexity index is 1010. The van der Waals surface area contributed by atoms with Gasteiger partial charge in [-0.15, -0.1) is 0 Å². The van der Waals surface area contributed by atoms with Gasteiger partial charge in [-0.25, -0.2) is 9.67 Å². The molecule has 0 aliphatic rings. The lowest BCUT2D eigenvalue weighted by molar-refractivity contribution is 0.271. The highest BCUT2D eigenvalue weighted by Gasteiger charge is 2.16. The number of benzene rings is 2. The van der Waals surface area contributed by atoms with Gasteiger partial charge in [0, 0.05) is 10.9 Å². The van der Waals surface area contributed by atoms with Crippen LogP contribution in [-0.2, 0) is 6.54 Å². The normalized spacial score (nSPS) is 11.1. The number of rotatable bonds is 4. The van der Waals surface area contributed by atoms with Crippen LogP contribution < -0.4 is 0 Å². The summed E-state index contributed by atoms with van der Waals surface area (Å²) in [6, 6.07) is 22.6. The molecule has 25 heavy (non-hydrogen) atoms. The van der Waals surface area contributed by atoms with E-state index in [4.69, 9.17) is 4.98 Å². The van der Waals surface area contributed by atoms with E-state index in [1.807, 2.05) is 43.3 Å². The van der Waals surface area contributed by atoms with Gasteiger partial charge in [0.2, 0.25) is 0 Å². The molecule has 4 aromatic rings. The fourth-order valence-electron chi connectivity index (χ4n) is 3.21. The zero-order chi connectivity index (χ0) is 17.2. The van der Waals surface area contributed by atoms with Crippen molar-refractivity contribution >= 4 is 11.0 Å². The summed E-state index contributed by atoms with van der Waals surface area (Å²) < 4.78 is 1.80. The Morgan fingerprint density at radius 1 is 0.920 bits per heavy atom. The summed E-state index contributed by atoms with van der Waals surface area (Å²) in [4.78, 5) is 4.86. The van der Waals surface area contributed by atoms with Crippen molar-refractivity contribution in [3.05, 3.63) is 72.4 Å². The lowest BCUT2D eigenvalue weighted by atomic mass is 9.99. The average Bonchev–Trinajstić information content (AvgIpc) is 2.99. The van der Waals surface area contributed by atoms with E-state index >= 15 is 0 Å². The number of fused-ring (bicyclic) bond motifs is 1. The van der Waals surface area contributed by atoms with Crippen LogP contribution >= 0.6 is 0 Å². The van der Waals surface area contributed by atoms with Gasteiger partial charge in [-0.2, -0.15) is 5.10 Å². The minimum atomic E-state index is 0.0358. The molecule has 0 bridgehead atoms. The first-order valence-corrected chi connectivity index (χ1v) is 8.38. The van der Waals surface area contributed by atoms with Crippen molar-refractivity contribution in [1.82, 2.24) is 14.8 Å². The van der Waals surface area contributed by atoms with E-state index in [0.29, 0.717) is 6.54 Å². The number of aliphatic hydroxyl groups is 1. The minimum Gasteiger partial charge on any atom is -0.394 e. The molecule has 0 amide bonds. The Morgan fingerprint density at radius 3 is 2.20 bits per heavy atom. The number of aliphatic hydroxyl groups excluding tert-OH is 1. The molecular weight excluding hydrogens is 310 g/mol. The first kappa shape index (κ1) is 15.5. The van der Waals surface area contributed by atoms with Crippen molar-refractivity contribution in [3.8, 4) is 22.4 Å². The summed E-state index contributed by atoms with van der Waals surface area (Å²) in [7, 11) is 0. The maximum Gasteiger partial charge on any atom is 0.159 e. The monoisotopic (exact) mass is 329 g/mol. The highest BCUT2D eigenvalue weighted by molar-refractivity contribution is 5.97. The Hall–Kier alpha value is -2.98. The molecule has 0 unspecified atom stereocenters. The van der Waals surface area contributed by atoms with E-state index in [0.717, 1.165) is 39.1 Å². The van der Waals surface area contributed by atoms with Crippen LogP contribution in [0, 0.1) is 6.92 Å². The van der Waals surface area contributed by atoms with Gasteiger partial charge in [-0.1, -0.05) is 60.7 Å². The molecule has 0 atom stereocenters. The first-order chi connectivity index (χ1) is 12.3. The van der Waals surface area contributed by atoms with Gasteiger partial charge in [0.25, 0.3) is 0 Å². The van der Waals surface area contributed by atoms with Crippen LogP contribution in [0.2, 0.25) is 0 Å². The lowest BCUT2D eigenvalue weighted by Gasteiger charge is -2.09. The second-order valence-electron chi connectivity index (χ2n) is 6.02. The fraction of sp³-hybridized carbons (Fsp3) is 0.143. The molecule has 0 fully saturated rings. The fourth-order valence-corrected chi connectivity index (χ4v) is 3.21. The van der Waals surface area contributed by atoms with Gasteiger partial charge in [0.1, 0.15) is 0 Å². The third-order valence-electron chi connectivity index (χ3n) is 4.34. The number of hydrogen-bond acceptors (Lipinski definition) is 3. The van der Waals surface area contributed by atoms with E-state index in [2.05, 4.69) is 35.4 Å². The van der Waals surface area contributed by atoms with Crippen molar-refractivity contribution < 1.29 is 5.11 Å². The minimum absolute atomic E-state index is 0.0358. The molecule has 1 N–H and O–H groups in total. The zero-order valence-electron chi connectivity index (χ0n) is 14.1. The predicted octanol–water partition coefficient (Wildman–Crippen LogP) is 4.07. The number of nitrogens with zero attached hydrogens (tertiary/aromatic N) is 3. The van der Waals surface area contributed by atoms with E-state index in [1.54, 1.807) is 4.68 Å². The summed E-state index contributed by atoms with van der Waals surface area (Å²) in [5, 5.41) is 15.0. The van der Waals surface area contributed by atoms with Crippen LogP contribution in [0.4, 0.5) is 0 Å². The maximum absolute atomic E-state index is 9.37. The van der Waals surface area contributed by atoms with E-state index in [1.165, 1.54) is 0 Å². The number of aromatic nitrogens is 3. The van der Waals surface area contributed by atoms with Crippen LogP contribution in [0.1, 0.15) is 5.69 Å². The van der Waals surface area contributed by atoms with Crippen LogP contribution in [0.3, 0.4) is 0 Å². The van der Waals surface area contributed by atoms with Crippen molar-refractivity contribution in [2.45, 2.75) is 13.5 Å². The molecule has 0 aliphatic heterocycles. The summed E-state index contributed by atoms with van der Waals surface area (Å²) in [5.41, 5.74) is 5.97. The summed E-state index contributed by atoms with van der Waals surface area (Å²) >= 11 is 0. The standard InChI is InChI=1S/C21H19N3O/c1-15-20-18(16-8-4-2-5-9-16)14-19(17-10-6-3-7-11-17)22-21(20)24(23-15)12-13-25/h2-11,14,25H,12-13H2,1H3. The van der Waals surface area contributed by atoms with E-state index in [-0.39, 0.29) is 6.61 Å². The average molecular weight is 329 g/mol. The molecule has 2 heterocycles. The summed E-state index contributed by atoms with van der Waals surface area (Å²) in [6.45, 7) is 2.46. The van der Waals surface area contributed by atoms with Crippen LogP contribution in [0.25, 0.3) is 33.4 Å². The molecule has 0 saturated carbocycles. The quantitative estimate of drug-likeness (QED) is 0.614. The molecule has 0 radical (unpaired) electrons. The Kier molecular flexibility index (Phi) is 4.04. The smallest absolute Gasteiger partial charge is 0.159 e. The molecule has 4 heteroatoms. The van der Waals surface area contributed by atoms with Gasteiger partial charge in [0.15, 0.2) is 5.65 Å². The van der Waals surface area contributed by atoms with Gasteiger partial charge < -0.3 is 5.11 Å². The molecule has 0 spiro atoms. The molecule has 0 aliphatic carbocycles. The topological polar surface area (TPSA) is 50.9 Å². The molecule has 4 nitrogen and oxygen atoms in total. The molecule has 0 saturated heterocycles. The highest BCUT2D eigenvalue weighted by atomic mass is 16.3. The van der Waals surface area contributed by atoms with Crippen LogP contribution in [0.5, 0.6) is 0 Å². The largest absolute Gasteiger partial charge is 0.394 e. The van der Waals surface area contributed by atoms with E-state index < -0.39 is 0 Å². The molecule has 2 aromatic heterocycles. The Balaban J connectivity index is 2.04. The van der Waals surface area contributed by atoms with Crippen molar-refractivity contribution in [1.29, 1.82) is 0 Å². The van der Waals surface area contributed by atoms with Gasteiger partial charge in [0.05, 0.1) is 24.5 Å². The van der Waals surface area contributed by atoms with Crippen LogP contribution in [0.15, 0.2) is 66.7 Å². The molecular formula is C21H19N3O. The summed E-state index contributed by atoms with van der Waals surface area (Å²) in [6.07, 6.45) is 0. The van der Waals surface area contributed by atoms with Crippen molar-refractivity contribution in [2.24, 2.45) is 0 Å². The predicted molar refractivity (Wildman–Crippen MR) is 100 cm³/mol. The Labute approximate surface area is 146 Å². The molecule has 4 rings (SSSR count). The third kappa shape index (κ3) is 2.81. The third-order valence-corrected chi connectivity index (χ3v) is 4.34. The first-order valence-electron chi connectivity index (χ1n) is 8.38. The lowest BCUT2D eigenvalue weighted by Crippen LogP contribution is -2.05. The number of pyridine rings is 1.